The SMILES string of the molecule is CCOC(=O)c1cccc(N2CCN(C(=O)Nc3ccc(OC)c(OCCCN(C(C)C)C(C)C)c3)CC2)c1. The minimum Gasteiger partial charge on any atom is -0.493 e. The van der Waals surface area contributed by atoms with Gasteiger partial charge in [0.15, 0.2) is 11.5 Å². The Bertz CT molecular complexity index is 1070. The molecule has 0 unspecified atom stereocenters. The van der Waals surface area contributed by atoms with Crippen LogP contribution in [0.1, 0.15) is 51.4 Å². The molecule has 39 heavy (non-hydrogen) atoms. The van der Waals surface area contributed by atoms with Gasteiger partial charge in [0.25, 0.3) is 0 Å². The van der Waals surface area contributed by atoms with Crippen molar-refractivity contribution in [2.45, 2.75) is 53.1 Å². The molecule has 2 aromatic rings. The van der Waals surface area contributed by atoms with Crippen molar-refractivity contribution in [2.24, 2.45) is 0 Å². The monoisotopic (exact) mass is 540 g/mol. The van der Waals surface area contributed by atoms with E-state index >= 15 is 0 Å². The summed E-state index contributed by atoms with van der Waals surface area (Å²) >= 11 is 0. The fraction of sp³-hybridized carbons (Fsp3) is 0.533. The number of hydrogen-bond acceptors (Lipinski definition) is 7. The zero-order chi connectivity index (χ0) is 28.4. The third kappa shape index (κ3) is 8.51. The number of carbonyl (C=O) groups is 2. The van der Waals surface area contributed by atoms with Crippen molar-refractivity contribution in [1.82, 2.24) is 9.80 Å². The molecular formula is C30H44N4O5. The highest BCUT2D eigenvalue weighted by Gasteiger charge is 2.22. The maximum absolute atomic E-state index is 13.0. The van der Waals surface area contributed by atoms with Gasteiger partial charge in [0.1, 0.15) is 0 Å². The molecule has 2 amide bonds. The number of rotatable bonds is 12. The minimum atomic E-state index is -0.326. The van der Waals surface area contributed by atoms with Gasteiger partial charge in [-0.25, -0.2) is 9.59 Å². The average molecular weight is 541 g/mol. The number of esters is 1. The highest BCUT2D eigenvalue weighted by atomic mass is 16.5. The number of anilines is 2. The lowest BCUT2D eigenvalue weighted by Gasteiger charge is -2.36. The predicted molar refractivity (Wildman–Crippen MR) is 155 cm³/mol. The molecule has 2 aromatic carbocycles. The van der Waals surface area contributed by atoms with Gasteiger partial charge in [-0.1, -0.05) is 6.07 Å². The molecule has 1 heterocycles. The van der Waals surface area contributed by atoms with E-state index in [1.807, 2.05) is 36.4 Å². The normalized spacial score (nSPS) is 13.7. The Morgan fingerprint density at radius 2 is 1.69 bits per heavy atom. The van der Waals surface area contributed by atoms with Crippen molar-refractivity contribution >= 4 is 23.4 Å². The first-order chi connectivity index (χ1) is 18.7. The minimum absolute atomic E-state index is 0.157. The number of nitrogens with one attached hydrogen (secondary N) is 1. The lowest BCUT2D eigenvalue weighted by molar-refractivity contribution is 0.0526. The quantitative estimate of drug-likeness (QED) is 0.296. The number of benzene rings is 2. The van der Waals surface area contributed by atoms with Crippen LogP contribution in [0.3, 0.4) is 0 Å². The first-order valence-corrected chi connectivity index (χ1v) is 13.9. The average Bonchev–Trinajstić information content (AvgIpc) is 2.93. The van der Waals surface area contributed by atoms with Gasteiger partial charge in [-0.15, -0.1) is 0 Å². The van der Waals surface area contributed by atoms with Gasteiger partial charge in [-0.2, -0.15) is 0 Å². The van der Waals surface area contributed by atoms with Crippen molar-refractivity contribution in [3.63, 3.8) is 0 Å². The van der Waals surface area contributed by atoms with E-state index in [0.717, 1.165) is 18.7 Å². The molecule has 0 atom stereocenters. The van der Waals surface area contributed by atoms with Crippen LogP contribution in [0.2, 0.25) is 0 Å². The Balaban J connectivity index is 1.53. The molecule has 0 spiro atoms. The lowest BCUT2D eigenvalue weighted by atomic mass is 10.1. The largest absolute Gasteiger partial charge is 0.493 e. The van der Waals surface area contributed by atoms with Gasteiger partial charge < -0.3 is 29.3 Å². The van der Waals surface area contributed by atoms with E-state index in [1.54, 1.807) is 25.0 Å². The van der Waals surface area contributed by atoms with Crippen molar-refractivity contribution in [1.29, 1.82) is 0 Å². The molecule has 1 saturated heterocycles. The van der Waals surface area contributed by atoms with Gasteiger partial charge in [0, 0.05) is 62.2 Å². The van der Waals surface area contributed by atoms with Crippen LogP contribution in [0.15, 0.2) is 42.5 Å². The molecule has 1 fully saturated rings. The van der Waals surface area contributed by atoms with E-state index in [1.165, 1.54) is 0 Å². The number of methoxy groups -OCH3 is 1. The number of urea groups is 1. The Kier molecular flexibility index (Phi) is 11.3. The summed E-state index contributed by atoms with van der Waals surface area (Å²) in [7, 11) is 1.61. The summed E-state index contributed by atoms with van der Waals surface area (Å²) in [6.07, 6.45) is 0.892. The van der Waals surface area contributed by atoms with Gasteiger partial charge in [0.05, 0.1) is 25.9 Å². The molecule has 1 aliphatic heterocycles. The third-order valence-electron chi connectivity index (χ3n) is 6.85. The van der Waals surface area contributed by atoms with Gasteiger partial charge in [0.2, 0.25) is 0 Å². The van der Waals surface area contributed by atoms with Gasteiger partial charge >= 0.3 is 12.0 Å². The topological polar surface area (TPSA) is 83.6 Å². The van der Waals surface area contributed by atoms with Crippen molar-refractivity contribution in [2.75, 3.05) is 63.3 Å². The van der Waals surface area contributed by atoms with Crippen LogP contribution in [0.25, 0.3) is 0 Å². The molecule has 0 bridgehead atoms. The van der Waals surface area contributed by atoms with Crippen LogP contribution < -0.4 is 19.7 Å². The predicted octanol–water partition coefficient (Wildman–Crippen LogP) is 5.11. The molecule has 0 radical (unpaired) electrons. The summed E-state index contributed by atoms with van der Waals surface area (Å²) in [5.74, 6) is 0.923. The molecule has 1 aliphatic rings. The second-order valence-electron chi connectivity index (χ2n) is 10.2. The zero-order valence-electron chi connectivity index (χ0n) is 24.2. The molecular weight excluding hydrogens is 496 g/mol. The van der Waals surface area contributed by atoms with E-state index in [0.29, 0.717) is 74.2 Å². The summed E-state index contributed by atoms with van der Waals surface area (Å²) in [6.45, 7) is 14.9. The Labute approximate surface area is 233 Å². The standard InChI is InChI=1S/C30H44N4O5/c1-7-38-29(35)24-10-8-11-26(20-24)32-15-17-33(18-16-32)30(36)31-25-12-13-27(37-6)28(21-25)39-19-9-14-34(22(2)3)23(4)5/h8,10-13,20-23H,7,9,14-19H2,1-6H3,(H,31,36). The molecule has 1 N–H and O–H groups in total. The Morgan fingerprint density at radius 1 is 0.974 bits per heavy atom. The van der Waals surface area contributed by atoms with Crippen LogP contribution >= 0.6 is 0 Å². The van der Waals surface area contributed by atoms with Crippen LogP contribution in [-0.2, 0) is 4.74 Å². The summed E-state index contributed by atoms with van der Waals surface area (Å²) in [5, 5.41) is 3.00. The summed E-state index contributed by atoms with van der Waals surface area (Å²) in [5.41, 5.74) is 2.14. The molecule has 3 rings (SSSR count). The van der Waals surface area contributed by atoms with Crippen LogP contribution in [0.5, 0.6) is 11.5 Å². The van der Waals surface area contributed by atoms with Crippen LogP contribution in [-0.4, -0.2) is 86.9 Å². The summed E-state index contributed by atoms with van der Waals surface area (Å²) < 4.78 is 16.6. The first kappa shape index (κ1) is 30.1. The second kappa shape index (κ2) is 14.6. The summed E-state index contributed by atoms with van der Waals surface area (Å²) in [6, 6.07) is 13.7. The van der Waals surface area contributed by atoms with Gasteiger partial charge in [-0.05, 0) is 71.4 Å². The molecule has 9 heteroatoms. The molecule has 0 saturated carbocycles. The zero-order valence-corrected chi connectivity index (χ0v) is 24.2. The number of ether oxygens (including phenoxy) is 3. The molecule has 0 aromatic heterocycles. The maximum atomic E-state index is 13.0. The van der Waals surface area contributed by atoms with Gasteiger partial charge in [-0.3, -0.25) is 4.90 Å². The third-order valence-corrected chi connectivity index (χ3v) is 6.85. The number of hydrogen-bond donors (Lipinski definition) is 1. The summed E-state index contributed by atoms with van der Waals surface area (Å²) in [4.78, 5) is 31.5. The van der Waals surface area contributed by atoms with Crippen molar-refractivity contribution in [3.8, 4) is 11.5 Å². The highest BCUT2D eigenvalue weighted by Crippen LogP contribution is 2.30. The van der Waals surface area contributed by atoms with Crippen molar-refractivity contribution in [3.05, 3.63) is 48.0 Å². The maximum Gasteiger partial charge on any atom is 0.338 e. The van der Waals surface area contributed by atoms with Crippen LogP contribution in [0, 0.1) is 0 Å². The second-order valence-corrected chi connectivity index (χ2v) is 10.2. The number of nitrogens with zero attached hydrogens (tertiary/aromatic N) is 3. The van der Waals surface area contributed by atoms with E-state index in [9.17, 15) is 9.59 Å². The van der Waals surface area contributed by atoms with E-state index in [2.05, 4.69) is 42.8 Å². The Hall–Kier alpha value is -3.46. The van der Waals surface area contributed by atoms with E-state index in [4.69, 9.17) is 14.2 Å². The fourth-order valence-corrected chi connectivity index (χ4v) is 4.82. The number of carbonyl (C=O) groups excluding carboxylic acids is 2. The fourth-order valence-electron chi connectivity index (χ4n) is 4.82. The molecule has 9 nitrogen and oxygen atoms in total. The molecule has 214 valence electrons. The van der Waals surface area contributed by atoms with E-state index < -0.39 is 0 Å². The number of amides is 2. The number of piperazine rings is 1. The van der Waals surface area contributed by atoms with E-state index in [-0.39, 0.29) is 12.0 Å². The first-order valence-electron chi connectivity index (χ1n) is 13.9. The van der Waals surface area contributed by atoms with Crippen molar-refractivity contribution < 1.29 is 23.8 Å². The lowest BCUT2D eigenvalue weighted by Crippen LogP contribution is -2.50. The molecule has 0 aliphatic carbocycles. The Morgan fingerprint density at radius 3 is 2.33 bits per heavy atom. The highest BCUT2D eigenvalue weighted by molar-refractivity contribution is 5.91. The smallest absolute Gasteiger partial charge is 0.338 e. The van der Waals surface area contributed by atoms with Crippen LogP contribution in [0.4, 0.5) is 16.2 Å².